The average Bonchev–Trinajstić information content (AvgIpc) is 2.48. The van der Waals surface area contributed by atoms with Crippen molar-refractivity contribution in [3.8, 4) is 0 Å². The molecule has 0 aromatic rings. The van der Waals surface area contributed by atoms with Crippen LogP contribution in [-0.4, -0.2) is 11.1 Å². The molecule has 0 aromatic heterocycles. The minimum Gasteiger partial charge on any atom is -0.481 e. The minimum atomic E-state index is -0.633. The van der Waals surface area contributed by atoms with Crippen molar-refractivity contribution >= 4 is 5.97 Å². The summed E-state index contributed by atoms with van der Waals surface area (Å²) in [5, 5.41) is 8.70. The van der Waals surface area contributed by atoms with Crippen LogP contribution in [0.15, 0.2) is 0 Å². The van der Waals surface area contributed by atoms with Crippen LogP contribution < -0.4 is 0 Å². The van der Waals surface area contributed by atoms with Gasteiger partial charge in [-0.05, 0) is 62.2 Å². The third-order valence-corrected chi connectivity index (χ3v) is 6.03. The van der Waals surface area contributed by atoms with Gasteiger partial charge in [0.25, 0.3) is 0 Å². The zero-order valence-electron chi connectivity index (χ0n) is 13.2. The normalized spacial score (nSPS) is 34.9. The molecule has 0 unspecified atom stereocenters. The first-order chi connectivity index (χ1) is 9.69. The number of rotatable bonds is 6. The number of carbonyl (C=O) groups is 1. The molecule has 2 heteroatoms. The van der Waals surface area contributed by atoms with Gasteiger partial charge in [-0.15, -0.1) is 0 Å². The molecule has 0 aliphatic heterocycles. The van der Waals surface area contributed by atoms with Gasteiger partial charge in [-0.3, -0.25) is 4.79 Å². The summed E-state index contributed by atoms with van der Waals surface area (Å²) in [5.41, 5.74) is 0. The number of aliphatic carboxylic acids is 1. The lowest BCUT2D eigenvalue weighted by Gasteiger charge is -2.37. The number of carboxylic acid groups (broad SMARTS) is 1. The van der Waals surface area contributed by atoms with Crippen LogP contribution in [0, 0.1) is 23.7 Å². The Morgan fingerprint density at radius 3 is 1.85 bits per heavy atom. The predicted molar refractivity (Wildman–Crippen MR) is 82.7 cm³/mol. The summed E-state index contributed by atoms with van der Waals surface area (Å²) >= 11 is 0. The molecule has 20 heavy (non-hydrogen) atoms. The largest absolute Gasteiger partial charge is 0.481 e. The maximum atomic E-state index is 10.6. The van der Waals surface area contributed by atoms with Gasteiger partial charge in [0, 0.05) is 6.42 Å². The van der Waals surface area contributed by atoms with Crippen LogP contribution in [0.4, 0.5) is 0 Å². The molecule has 2 nitrogen and oxygen atoms in total. The molecule has 0 aromatic carbocycles. The summed E-state index contributed by atoms with van der Waals surface area (Å²) < 4.78 is 0. The second-order valence-electron chi connectivity index (χ2n) is 7.26. The molecule has 1 N–H and O–H groups in total. The highest BCUT2D eigenvalue weighted by Crippen LogP contribution is 2.42. The van der Waals surface area contributed by atoms with Crippen LogP contribution in [-0.2, 0) is 4.79 Å². The van der Waals surface area contributed by atoms with Crippen molar-refractivity contribution in [1.82, 2.24) is 0 Å². The molecule has 0 atom stereocenters. The fourth-order valence-corrected chi connectivity index (χ4v) is 4.56. The summed E-state index contributed by atoms with van der Waals surface area (Å²) in [6.07, 6.45) is 15.2. The Kier molecular flexibility index (Phi) is 6.38. The zero-order chi connectivity index (χ0) is 14.4. The molecule has 2 rings (SSSR count). The number of hydrogen-bond acceptors (Lipinski definition) is 1. The van der Waals surface area contributed by atoms with Crippen LogP contribution in [0.2, 0.25) is 0 Å². The molecule has 0 spiro atoms. The quantitative estimate of drug-likeness (QED) is 0.720. The Hall–Kier alpha value is -0.530. The van der Waals surface area contributed by atoms with Gasteiger partial charge in [0.15, 0.2) is 0 Å². The molecule has 0 amide bonds. The summed E-state index contributed by atoms with van der Waals surface area (Å²) in [6, 6.07) is 0. The molecule has 2 fully saturated rings. The lowest BCUT2D eigenvalue weighted by Crippen LogP contribution is -2.25. The van der Waals surface area contributed by atoms with Crippen LogP contribution >= 0.6 is 0 Å². The summed E-state index contributed by atoms with van der Waals surface area (Å²) in [7, 11) is 0. The molecule has 2 aliphatic rings. The monoisotopic (exact) mass is 280 g/mol. The minimum absolute atomic E-state index is 0.362. The third kappa shape index (κ3) is 4.79. The molecular weight excluding hydrogens is 248 g/mol. The summed E-state index contributed by atoms with van der Waals surface area (Å²) in [6.45, 7) is 2.34. The first kappa shape index (κ1) is 15.9. The maximum Gasteiger partial charge on any atom is 0.303 e. The molecule has 2 aliphatic carbocycles. The van der Waals surface area contributed by atoms with Crippen molar-refractivity contribution < 1.29 is 9.90 Å². The van der Waals surface area contributed by atoms with Gasteiger partial charge in [-0.25, -0.2) is 0 Å². The molecule has 2 saturated carbocycles. The van der Waals surface area contributed by atoms with E-state index in [0.29, 0.717) is 6.42 Å². The highest BCUT2D eigenvalue weighted by molar-refractivity contribution is 5.66. The van der Waals surface area contributed by atoms with E-state index in [9.17, 15) is 4.79 Å². The Morgan fingerprint density at radius 2 is 1.40 bits per heavy atom. The van der Waals surface area contributed by atoms with E-state index >= 15 is 0 Å². The Labute approximate surface area is 124 Å². The van der Waals surface area contributed by atoms with Crippen LogP contribution in [0.5, 0.6) is 0 Å². The first-order valence-electron chi connectivity index (χ1n) is 8.90. The SMILES string of the molecule is CCC1CCC(C2CCC(CCCC(=O)O)CC2)CC1. The van der Waals surface area contributed by atoms with Crippen molar-refractivity contribution in [2.24, 2.45) is 23.7 Å². The van der Waals surface area contributed by atoms with E-state index in [2.05, 4.69) is 6.92 Å². The van der Waals surface area contributed by atoms with E-state index in [1.54, 1.807) is 0 Å². The maximum absolute atomic E-state index is 10.6. The third-order valence-electron chi connectivity index (χ3n) is 6.03. The van der Waals surface area contributed by atoms with E-state index in [1.165, 1.54) is 57.8 Å². The number of hydrogen-bond donors (Lipinski definition) is 1. The predicted octanol–water partition coefficient (Wildman–Crippen LogP) is 5.26. The van der Waals surface area contributed by atoms with E-state index in [0.717, 1.165) is 36.5 Å². The van der Waals surface area contributed by atoms with Gasteiger partial charge in [0.05, 0.1) is 0 Å². The highest BCUT2D eigenvalue weighted by atomic mass is 16.4. The van der Waals surface area contributed by atoms with E-state index < -0.39 is 5.97 Å². The van der Waals surface area contributed by atoms with Crippen molar-refractivity contribution in [2.75, 3.05) is 0 Å². The Balaban J connectivity index is 1.63. The topological polar surface area (TPSA) is 37.3 Å². The summed E-state index contributed by atoms with van der Waals surface area (Å²) in [5.74, 6) is 3.20. The standard InChI is InChI=1S/C18H32O2/c1-2-14-6-10-16(11-7-14)17-12-8-15(9-13-17)4-3-5-18(19)20/h14-17H,2-13H2,1H3,(H,19,20). The fraction of sp³-hybridized carbons (Fsp3) is 0.944. The van der Waals surface area contributed by atoms with Crippen molar-refractivity contribution in [3.63, 3.8) is 0 Å². The van der Waals surface area contributed by atoms with Crippen LogP contribution in [0.25, 0.3) is 0 Å². The molecule has 116 valence electrons. The lowest BCUT2D eigenvalue weighted by atomic mass is 9.68. The van der Waals surface area contributed by atoms with Gasteiger partial charge >= 0.3 is 5.97 Å². The van der Waals surface area contributed by atoms with E-state index in [1.807, 2.05) is 0 Å². The second-order valence-corrected chi connectivity index (χ2v) is 7.26. The average molecular weight is 280 g/mol. The first-order valence-corrected chi connectivity index (χ1v) is 8.90. The Bertz CT molecular complexity index is 284. The van der Waals surface area contributed by atoms with Crippen molar-refractivity contribution in [3.05, 3.63) is 0 Å². The molecule has 0 radical (unpaired) electrons. The zero-order valence-corrected chi connectivity index (χ0v) is 13.2. The highest BCUT2D eigenvalue weighted by Gasteiger charge is 2.30. The fourth-order valence-electron chi connectivity index (χ4n) is 4.56. The van der Waals surface area contributed by atoms with Crippen molar-refractivity contribution in [1.29, 1.82) is 0 Å². The van der Waals surface area contributed by atoms with Gasteiger partial charge in [0.1, 0.15) is 0 Å². The second kappa shape index (κ2) is 8.05. The van der Waals surface area contributed by atoms with E-state index in [4.69, 9.17) is 5.11 Å². The van der Waals surface area contributed by atoms with Gasteiger partial charge < -0.3 is 5.11 Å². The Morgan fingerprint density at radius 1 is 0.900 bits per heavy atom. The van der Waals surface area contributed by atoms with E-state index in [-0.39, 0.29) is 0 Å². The molecule has 0 saturated heterocycles. The van der Waals surface area contributed by atoms with Crippen molar-refractivity contribution in [2.45, 2.75) is 84.0 Å². The van der Waals surface area contributed by atoms with Crippen LogP contribution in [0.1, 0.15) is 84.0 Å². The molecule has 0 bridgehead atoms. The molecular formula is C18H32O2. The van der Waals surface area contributed by atoms with Crippen LogP contribution in [0.3, 0.4) is 0 Å². The number of carboxylic acids is 1. The lowest BCUT2D eigenvalue weighted by molar-refractivity contribution is -0.137. The van der Waals surface area contributed by atoms with Gasteiger partial charge in [-0.1, -0.05) is 39.0 Å². The van der Waals surface area contributed by atoms with Gasteiger partial charge in [0.2, 0.25) is 0 Å². The molecule has 0 heterocycles. The smallest absolute Gasteiger partial charge is 0.303 e. The summed E-state index contributed by atoms with van der Waals surface area (Å²) in [4.78, 5) is 10.6. The van der Waals surface area contributed by atoms with Gasteiger partial charge in [-0.2, -0.15) is 0 Å².